The van der Waals surface area contributed by atoms with E-state index in [-0.39, 0.29) is 6.10 Å². The summed E-state index contributed by atoms with van der Waals surface area (Å²) < 4.78 is 5.60. The van der Waals surface area contributed by atoms with Crippen molar-refractivity contribution in [2.75, 3.05) is 6.61 Å². The van der Waals surface area contributed by atoms with Gasteiger partial charge in [0.1, 0.15) is 0 Å². The Morgan fingerprint density at radius 1 is 1.24 bits per heavy atom. The second kappa shape index (κ2) is 8.93. The van der Waals surface area contributed by atoms with Gasteiger partial charge in [-0.3, -0.25) is 0 Å². The van der Waals surface area contributed by atoms with Crippen LogP contribution in [0.5, 0.6) is 0 Å². The van der Waals surface area contributed by atoms with Crippen molar-refractivity contribution < 1.29 is 9.84 Å². The molecule has 2 heteroatoms. The molecule has 102 valence electrons. The average molecular weight is 242 g/mol. The van der Waals surface area contributed by atoms with Crippen molar-refractivity contribution in [3.63, 3.8) is 0 Å². The molecule has 1 N–H and O–H groups in total. The van der Waals surface area contributed by atoms with Crippen LogP contribution in [0, 0.1) is 5.92 Å². The Labute approximate surface area is 107 Å². The number of hydrogen-bond acceptors (Lipinski definition) is 2. The molecule has 17 heavy (non-hydrogen) atoms. The molecule has 1 heterocycles. The molecule has 3 atom stereocenters. The number of aliphatic hydroxyl groups excluding tert-OH is 1. The van der Waals surface area contributed by atoms with Crippen LogP contribution in [0.2, 0.25) is 0 Å². The Morgan fingerprint density at radius 2 is 2.06 bits per heavy atom. The Bertz CT molecular complexity index is 176. The van der Waals surface area contributed by atoms with Crippen molar-refractivity contribution in [2.24, 2.45) is 5.92 Å². The maximum Gasteiger partial charge on any atom is 0.0576 e. The number of unbranched alkanes of at least 4 members (excludes halogenated alkanes) is 1. The maximum atomic E-state index is 10.2. The van der Waals surface area contributed by atoms with Crippen molar-refractivity contribution in [3.8, 4) is 0 Å². The summed E-state index contributed by atoms with van der Waals surface area (Å²) in [5, 5.41) is 10.2. The van der Waals surface area contributed by atoms with E-state index >= 15 is 0 Å². The van der Waals surface area contributed by atoms with E-state index in [2.05, 4.69) is 13.8 Å². The van der Waals surface area contributed by atoms with Gasteiger partial charge in [-0.05, 0) is 44.4 Å². The Kier molecular flexibility index (Phi) is 7.87. The molecule has 0 aromatic rings. The largest absolute Gasteiger partial charge is 0.393 e. The van der Waals surface area contributed by atoms with Crippen LogP contribution in [0.25, 0.3) is 0 Å². The summed E-state index contributed by atoms with van der Waals surface area (Å²) in [5.74, 6) is 0.513. The first-order chi connectivity index (χ1) is 8.27. The minimum Gasteiger partial charge on any atom is -0.393 e. The van der Waals surface area contributed by atoms with Gasteiger partial charge in [-0.15, -0.1) is 0 Å². The van der Waals surface area contributed by atoms with Gasteiger partial charge in [-0.2, -0.15) is 0 Å². The van der Waals surface area contributed by atoms with E-state index in [1.807, 2.05) is 0 Å². The highest BCUT2D eigenvalue weighted by atomic mass is 16.5. The molecule has 1 saturated heterocycles. The van der Waals surface area contributed by atoms with Crippen LogP contribution in [0.3, 0.4) is 0 Å². The van der Waals surface area contributed by atoms with Gasteiger partial charge in [-0.25, -0.2) is 0 Å². The van der Waals surface area contributed by atoms with Crippen LogP contribution < -0.4 is 0 Å². The maximum absolute atomic E-state index is 10.2. The topological polar surface area (TPSA) is 29.5 Å². The summed E-state index contributed by atoms with van der Waals surface area (Å²) in [7, 11) is 0. The van der Waals surface area contributed by atoms with Crippen LogP contribution in [-0.2, 0) is 4.74 Å². The zero-order chi connectivity index (χ0) is 12.5. The predicted octanol–water partition coefficient (Wildman–Crippen LogP) is 3.91. The normalized spacial score (nSPS) is 23.8. The third-order valence-corrected chi connectivity index (χ3v) is 4.05. The molecule has 1 aliphatic heterocycles. The fraction of sp³-hybridized carbons (Fsp3) is 1.00. The zero-order valence-electron chi connectivity index (χ0n) is 11.7. The van der Waals surface area contributed by atoms with Gasteiger partial charge in [0.25, 0.3) is 0 Å². The Hall–Kier alpha value is -0.0800. The molecular weight excluding hydrogens is 212 g/mol. The summed E-state index contributed by atoms with van der Waals surface area (Å²) in [6.07, 6.45) is 10.9. The minimum absolute atomic E-state index is 0.0899. The quantitative estimate of drug-likeness (QED) is 0.664. The van der Waals surface area contributed by atoms with Gasteiger partial charge < -0.3 is 9.84 Å². The average Bonchev–Trinajstić information content (AvgIpc) is 2.83. The monoisotopic (exact) mass is 242 g/mol. The molecule has 0 bridgehead atoms. The molecule has 1 aliphatic rings. The van der Waals surface area contributed by atoms with E-state index in [1.165, 1.54) is 32.1 Å². The van der Waals surface area contributed by atoms with Crippen LogP contribution >= 0.6 is 0 Å². The standard InChI is InChI=1S/C15H30O2/c1-3-5-8-13(4-2)15(16)11-6-9-14-10-7-12-17-14/h13-16H,3-12H2,1-2H3. The van der Waals surface area contributed by atoms with Crippen molar-refractivity contribution in [1.82, 2.24) is 0 Å². The van der Waals surface area contributed by atoms with Gasteiger partial charge in [0.15, 0.2) is 0 Å². The first-order valence-corrected chi connectivity index (χ1v) is 7.57. The molecule has 0 radical (unpaired) electrons. The molecule has 0 aromatic heterocycles. The van der Waals surface area contributed by atoms with Crippen molar-refractivity contribution in [3.05, 3.63) is 0 Å². The summed E-state index contributed by atoms with van der Waals surface area (Å²) in [5.41, 5.74) is 0. The molecule has 0 amide bonds. The summed E-state index contributed by atoms with van der Waals surface area (Å²) in [6, 6.07) is 0. The first-order valence-electron chi connectivity index (χ1n) is 7.57. The van der Waals surface area contributed by atoms with E-state index in [4.69, 9.17) is 4.74 Å². The van der Waals surface area contributed by atoms with E-state index < -0.39 is 0 Å². The molecule has 0 spiro atoms. The van der Waals surface area contributed by atoms with E-state index in [0.717, 1.165) is 32.3 Å². The molecule has 1 rings (SSSR count). The van der Waals surface area contributed by atoms with Gasteiger partial charge >= 0.3 is 0 Å². The van der Waals surface area contributed by atoms with Crippen molar-refractivity contribution in [2.45, 2.75) is 83.8 Å². The number of ether oxygens (including phenoxy) is 1. The third kappa shape index (κ3) is 5.87. The summed E-state index contributed by atoms with van der Waals surface area (Å²) in [6.45, 7) is 5.36. The molecular formula is C15H30O2. The fourth-order valence-corrected chi connectivity index (χ4v) is 2.80. The van der Waals surface area contributed by atoms with Gasteiger partial charge in [0.2, 0.25) is 0 Å². The Balaban J connectivity index is 2.10. The fourth-order valence-electron chi connectivity index (χ4n) is 2.80. The highest BCUT2D eigenvalue weighted by Gasteiger charge is 2.19. The number of aliphatic hydroxyl groups is 1. The highest BCUT2D eigenvalue weighted by Crippen LogP contribution is 2.23. The minimum atomic E-state index is -0.0899. The van der Waals surface area contributed by atoms with Gasteiger partial charge in [0, 0.05) is 6.61 Å². The summed E-state index contributed by atoms with van der Waals surface area (Å²) in [4.78, 5) is 0. The lowest BCUT2D eigenvalue weighted by atomic mass is 9.90. The molecule has 0 aliphatic carbocycles. The molecule has 2 nitrogen and oxygen atoms in total. The second-order valence-electron chi connectivity index (χ2n) is 5.44. The lowest BCUT2D eigenvalue weighted by Crippen LogP contribution is -2.20. The number of rotatable bonds is 9. The van der Waals surface area contributed by atoms with Crippen LogP contribution in [0.15, 0.2) is 0 Å². The van der Waals surface area contributed by atoms with Crippen LogP contribution in [0.4, 0.5) is 0 Å². The van der Waals surface area contributed by atoms with Crippen molar-refractivity contribution >= 4 is 0 Å². The molecule has 0 aromatic carbocycles. The van der Waals surface area contributed by atoms with Gasteiger partial charge in [-0.1, -0.05) is 33.1 Å². The molecule has 0 saturated carbocycles. The Morgan fingerprint density at radius 3 is 2.65 bits per heavy atom. The van der Waals surface area contributed by atoms with E-state index in [0.29, 0.717) is 12.0 Å². The van der Waals surface area contributed by atoms with Crippen molar-refractivity contribution in [1.29, 1.82) is 0 Å². The summed E-state index contributed by atoms with van der Waals surface area (Å²) >= 11 is 0. The van der Waals surface area contributed by atoms with Gasteiger partial charge in [0.05, 0.1) is 12.2 Å². The van der Waals surface area contributed by atoms with Crippen LogP contribution in [-0.4, -0.2) is 23.9 Å². The lowest BCUT2D eigenvalue weighted by molar-refractivity contribution is 0.0721. The third-order valence-electron chi connectivity index (χ3n) is 4.05. The molecule has 3 unspecified atom stereocenters. The SMILES string of the molecule is CCCCC(CC)C(O)CCCC1CCCO1. The zero-order valence-corrected chi connectivity index (χ0v) is 11.7. The smallest absolute Gasteiger partial charge is 0.0576 e. The van der Waals surface area contributed by atoms with E-state index in [9.17, 15) is 5.11 Å². The molecule has 1 fully saturated rings. The first kappa shape index (κ1) is 15.0. The second-order valence-corrected chi connectivity index (χ2v) is 5.44. The predicted molar refractivity (Wildman–Crippen MR) is 72.1 cm³/mol. The number of hydrogen-bond donors (Lipinski definition) is 1. The highest BCUT2D eigenvalue weighted by molar-refractivity contribution is 4.70. The lowest BCUT2D eigenvalue weighted by Gasteiger charge is -2.21. The van der Waals surface area contributed by atoms with Crippen LogP contribution in [0.1, 0.15) is 71.6 Å². The van der Waals surface area contributed by atoms with E-state index in [1.54, 1.807) is 0 Å².